The molecule has 7 heteroatoms. The van der Waals surface area contributed by atoms with Crippen LogP contribution in [-0.2, 0) is 50.0 Å². The fraction of sp³-hybridized carbons (Fsp3) is 0.311. The summed E-state index contributed by atoms with van der Waals surface area (Å²) < 4.78 is 38.7. The first-order chi connectivity index (χ1) is 25.7. The Kier molecular flexibility index (Phi) is 10.7. The lowest BCUT2D eigenvalue weighted by Gasteiger charge is -2.45. The van der Waals surface area contributed by atoms with Crippen molar-refractivity contribution < 1.29 is 33.2 Å². The maximum Gasteiger partial charge on any atom is 0.161 e. The van der Waals surface area contributed by atoms with Gasteiger partial charge in [0.1, 0.15) is 43.7 Å². The highest BCUT2D eigenvalue weighted by Crippen LogP contribution is 2.45. The minimum atomic E-state index is -0.879. The van der Waals surface area contributed by atoms with E-state index in [9.17, 15) is 4.79 Å². The van der Waals surface area contributed by atoms with Crippen molar-refractivity contribution in [2.24, 2.45) is 0 Å². The van der Waals surface area contributed by atoms with Crippen LogP contribution in [0.1, 0.15) is 63.8 Å². The van der Waals surface area contributed by atoms with Gasteiger partial charge in [0.15, 0.2) is 17.8 Å². The van der Waals surface area contributed by atoms with Gasteiger partial charge in [-0.2, -0.15) is 0 Å². The van der Waals surface area contributed by atoms with Crippen molar-refractivity contribution in [1.82, 2.24) is 0 Å². The molecule has 1 unspecified atom stereocenters. The molecule has 5 aromatic carbocycles. The summed E-state index contributed by atoms with van der Waals surface area (Å²) >= 11 is 0. The van der Waals surface area contributed by atoms with Crippen molar-refractivity contribution in [2.45, 2.75) is 75.5 Å². The van der Waals surface area contributed by atoms with Gasteiger partial charge in [-0.3, -0.25) is 0 Å². The average molecular weight is 697 g/mol. The maximum absolute atomic E-state index is 12.9. The summed E-state index contributed by atoms with van der Waals surface area (Å²) in [6, 6.07) is 42.9. The Balaban J connectivity index is 1.15. The number of hydrogen-bond donors (Lipinski definition) is 0. The highest BCUT2D eigenvalue weighted by Gasteiger charge is 2.49. The summed E-state index contributed by atoms with van der Waals surface area (Å²) in [4.78, 5) is 12.9. The summed E-state index contributed by atoms with van der Waals surface area (Å²) in [5.74, 6) is 2.11. The molecule has 0 bridgehead atoms. The fourth-order valence-electron chi connectivity index (χ4n) is 7.28. The van der Waals surface area contributed by atoms with Gasteiger partial charge in [0.05, 0.1) is 19.8 Å². The second-order valence-electron chi connectivity index (χ2n) is 13.8. The maximum atomic E-state index is 12.9. The minimum absolute atomic E-state index is 0.302. The van der Waals surface area contributed by atoms with E-state index in [1.165, 1.54) is 24.0 Å². The van der Waals surface area contributed by atoms with E-state index in [1.807, 2.05) is 97.1 Å². The lowest BCUT2D eigenvalue weighted by Crippen LogP contribution is -2.57. The van der Waals surface area contributed by atoms with Gasteiger partial charge in [-0.25, -0.2) is 0 Å². The molecule has 5 aromatic rings. The zero-order chi connectivity index (χ0) is 35.1. The van der Waals surface area contributed by atoms with Crippen LogP contribution in [0.4, 0.5) is 0 Å². The molecule has 0 spiro atoms. The van der Waals surface area contributed by atoms with Crippen LogP contribution in [0.5, 0.6) is 11.5 Å². The number of aldehydes is 1. The number of ether oxygens (including phenoxy) is 6. The van der Waals surface area contributed by atoms with E-state index in [-0.39, 0.29) is 0 Å². The van der Waals surface area contributed by atoms with Crippen LogP contribution in [0.2, 0.25) is 0 Å². The van der Waals surface area contributed by atoms with Gasteiger partial charge < -0.3 is 33.2 Å². The van der Waals surface area contributed by atoms with Gasteiger partial charge in [0, 0.05) is 0 Å². The molecule has 0 amide bonds. The third-order valence-electron chi connectivity index (χ3n) is 10.1. The molecule has 3 aliphatic rings. The van der Waals surface area contributed by atoms with E-state index >= 15 is 0 Å². The van der Waals surface area contributed by atoms with Crippen molar-refractivity contribution in [3.63, 3.8) is 0 Å². The van der Waals surface area contributed by atoms with Gasteiger partial charge in [0.2, 0.25) is 0 Å². The Bertz CT molecular complexity index is 1910. The molecule has 1 saturated carbocycles. The molecular weight excluding hydrogens is 652 g/mol. The van der Waals surface area contributed by atoms with Crippen LogP contribution >= 0.6 is 0 Å². The van der Waals surface area contributed by atoms with Gasteiger partial charge in [-0.1, -0.05) is 115 Å². The highest BCUT2D eigenvalue weighted by atomic mass is 16.6. The van der Waals surface area contributed by atoms with Crippen LogP contribution in [-0.4, -0.2) is 43.9 Å². The summed E-state index contributed by atoms with van der Waals surface area (Å²) in [5.41, 5.74) is 7.72. The van der Waals surface area contributed by atoms with Crippen LogP contribution in [0, 0.1) is 0 Å². The topological polar surface area (TPSA) is 72.5 Å². The molecular formula is C45H44O7. The van der Waals surface area contributed by atoms with Gasteiger partial charge in [-0.05, 0) is 76.3 Å². The lowest BCUT2D eigenvalue weighted by molar-refractivity contribution is -0.259. The molecule has 0 aromatic heterocycles. The number of carbonyl (C=O) groups is 1. The van der Waals surface area contributed by atoms with Crippen molar-refractivity contribution >= 4 is 6.29 Å². The van der Waals surface area contributed by atoms with E-state index < -0.39 is 30.5 Å². The van der Waals surface area contributed by atoms with Crippen LogP contribution in [0.15, 0.2) is 127 Å². The molecule has 0 N–H and O–H groups in total. The largest absolute Gasteiger partial charge is 0.486 e. The standard InChI is InChI=1S/C45H44O7/c46-27-41-43(49-28-31-10-4-1-5-11-31)45(51-30-33-14-8-3-9-15-33)44(50-29-32-12-6-2-7-13-32)42(52-41)36-19-20-38(35-17-18-35)37(26-36)24-34-16-21-39-40(25-34)48-23-22-47-39/h1-16,19-21,25-27,35,41-45H,17-18,22-24,28-30H2/t41-,42?,43-,44+,45+/m1/s1. The number of hydrogen-bond acceptors (Lipinski definition) is 7. The number of benzene rings is 5. The number of fused-ring (bicyclic) bond motifs is 1. The zero-order valence-electron chi connectivity index (χ0n) is 29.2. The summed E-state index contributed by atoms with van der Waals surface area (Å²) in [6.45, 7) is 2.08. The first-order valence-corrected chi connectivity index (χ1v) is 18.3. The lowest BCUT2D eigenvalue weighted by atomic mass is 9.87. The molecule has 1 saturated heterocycles. The quantitative estimate of drug-likeness (QED) is 0.108. The Hall–Kier alpha value is -4.79. The smallest absolute Gasteiger partial charge is 0.161 e. The predicted molar refractivity (Wildman–Crippen MR) is 197 cm³/mol. The third kappa shape index (κ3) is 8.14. The molecule has 7 nitrogen and oxygen atoms in total. The SMILES string of the molecule is O=C[C@H]1OC(c2ccc(C3CC3)c(Cc3ccc4c(c3)OCCO4)c2)[C@H](OCc2ccccc2)[C@@H](OCc2ccccc2)[C@@H]1OCc1ccccc1. The first kappa shape index (κ1) is 34.3. The first-order valence-electron chi connectivity index (χ1n) is 18.3. The van der Waals surface area contributed by atoms with Gasteiger partial charge in [-0.15, -0.1) is 0 Å². The second kappa shape index (κ2) is 16.3. The van der Waals surface area contributed by atoms with E-state index in [2.05, 4.69) is 30.3 Å². The van der Waals surface area contributed by atoms with Crippen molar-refractivity contribution in [2.75, 3.05) is 13.2 Å². The van der Waals surface area contributed by atoms with Crippen molar-refractivity contribution in [3.05, 3.63) is 166 Å². The van der Waals surface area contributed by atoms with E-state index in [4.69, 9.17) is 28.4 Å². The van der Waals surface area contributed by atoms with Gasteiger partial charge in [0.25, 0.3) is 0 Å². The normalized spacial score (nSPS) is 22.5. The van der Waals surface area contributed by atoms with Crippen molar-refractivity contribution in [3.8, 4) is 11.5 Å². The molecule has 5 atom stereocenters. The molecule has 52 heavy (non-hydrogen) atoms. The second-order valence-corrected chi connectivity index (χ2v) is 13.8. The molecule has 0 radical (unpaired) electrons. The van der Waals surface area contributed by atoms with Crippen LogP contribution < -0.4 is 9.47 Å². The van der Waals surface area contributed by atoms with E-state index in [0.29, 0.717) is 39.0 Å². The van der Waals surface area contributed by atoms with Gasteiger partial charge >= 0.3 is 0 Å². The Labute approximate surface area is 305 Å². The predicted octanol–water partition coefficient (Wildman–Crippen LogP) is 8.32. The Morgan fingerprint density at radius 2 is 1.15 bits per heavy atom. The summed E-state index contributed by atoms with van der Waals surface area (Å²) in [7, 11) is 0. The highest BCUT2D eigenvalue weighted by molar-refractivity contribution is 5.58. The average Bonchev–Trinajstić information content (AvgIpc) is 4.05. The molecule has 8 rings (SSSR count). The Morgan fingerprint density at radius 3 is 1.75 bits per heavy atom. The van der Waals surface area contributed by atoms with Crippen LogP contribution in [0.3, 0.4) is 0 Å². The third-order valence-corrected chi connectivity index (χ3v) is 10.1. The number of carbonyl (C=O) groups excluding carboxylic acids is 1. The van der Waals surface area contributed by atoms with E-state index in [1.54, 1.807) is 0 Å². The molecule has 2 fully saturated rings. The van der Waals surface area contributed by atoms with E-state index in [0.717, 1.165) is 52.0 Å². The molecule has 266 valence electrons. The molecule has 2 aliphatic heterocycles. The Morgan fingerprint density at radius 1 is 0.577 bits per heavy atom. The monoisotopic (exact) mass is 696 g/mol. The fourth-order valence-corrected chi connectivity index (χ4v) is 7.28. The minimum Gasteiger partial charge on any atom is -0.486 e. The van der Waals surface area contributed by atoms with Crippen molar-refractivity contribution in [1.29, 1.82) is 0 Å². The zero-order valence-corrected chi connectivity index (χ0v) is 29.2. The molecule has 1 aliphatic carbocycles. The summed E-state index contributed by atoms with van der Waals surface area (Å²) in [5, 5.41) is 0. The summed E-state index contributed by atoms with van der Waals surface area (Å²) in [6.07, 6.45) is 0.551. The van der Waals surface area contributed by atoms with Crippen LogP contribution in [0.25, 0.3) is 0 Å². The number of rotatable bonds is 14. The molecule has 2 heterocycles.